The highest BCUT2D eigenvalue weighted by atomic mass is 32.1. The largest absolute Gasteiger partial charge is 0.497 e. The molecule has 2 rings (SSSR count). The van der Waals surface area contributed by atoms with E-state index in [-0.39, 0.29) is 5.11 Å². The van der Waals surface area contributed by atoms with Crippen LogP contribution >= 0.6 is 12.2 Å². The van der Waals surface area contributed by atoms with E-state index in [0.717, 1.165) is 17.7 Å². The molecule has 0 spiro atoms. The molecule has 1 unspecified atom stereocenters. The lowest BCUT2D eigenvalue weighted by Gasteiger charge is -2.38. The maximum Gasteiger partial charge on any atom is 0.221 e. The van der Waals surface area contributed by atoms with Crippen LogP contribution in [0.4, 0.5) is 0 Å². The number of allylic oxidation sites excluding steroid dienone is 2. The third kappa shape index (κ3) is 3.57. The zero-order valence-corrected chi connectivity index (χ0v) is 13.1. The van der Waals surface area contributed by atoms with Gasteiger partial charge in [0.2, 0.25) is 5.66 Å². The monoisotopic (exact) mass is 314 g/mol. The summed E-state index contributed by atoms with van der Waals surface area (Å²) in [4.78, 5) is 1.88. The van der Waals surface area contributed by atoms with Gasteiger partial charge in [0.1, 0.15) is 11.8 Å². The molecular weight excluding hydrogens is 296 g/mol. The van der Waals surface area contributed by atoms with E-state index in [4.69, 9.17) is 22.7 Å². The Hall–Kier alpha value is -2.52. The van der Waals surface area contributed by atoms with Gasteiger partial charge in [0, 0.05) is 12.7 Å². The summed E-state index contributed by atoms with van der Waals surface area (Å²) >= 11 is 4.89. The number of nitrogens with two attached hydrogens (primary N) is 1. The average Bonchev–Trinajstić information content (AvgIpc) is 2.53. The molecule has 1 aromatic rings. The Morgan fingerprint density at radius 1 is 1.50 bits per heavy atom. The zero-order valence-electron chi connectivity index (χ0n) is 12.3. The standard InChI is InChI=1S/C16H18N4OS/c1-21-14-6-4-5-13(11-14)7-10-20-9-3-2-8-16(20,12-17)19-15(18)22/h2-6,8-9,11H,7,10H2,1H3,(H3,18,19,22). The average molecular weight is 314 g/mol. The smallest absolute Gasteiger partial charge is 0.221 e. The molecular formula is C16H18N4OS. The summed E-state index contributed by atoms with van der Waals surface area (Å²) in [6.07, 6.45) is 8.04. The third-order valence-electron chi connectivity index (χ3n) is 3.43. The topological polar surface area (TPSA) is 74.3 Å². The molecule has 1 aliphatic rings. The molecule has 1 aliphatic heterocycles. The van der Waals surface area contributed by atoms with Crippen LogP contribution in [0.5, 0.6) is 5.75 Å². The van der Waals surface area contributed by atoms with Crippen molar-refractivity contribution in [1.29, 1.82) is 5.26 Å². The quantitative estimate of drug-likeness (QED) is 0.806. The van der Waals surface area contributed by atoms with Crippen LogP contribution in [0.25, 0.3) is 0 Å². The molecule has 0 fully saturated rings. The van der Waals surface area contributed by atoms with Gasteiger partial charge in [0.15, 0.2) is 5.11 Å². The molecule has 0 aromatic heterocycles. The molecule has 3 N–H and O–H groups in total. The van der Waals surface area contributed by atoms with Gasteiger partial charge in [-0.1, -0.05) is 18.2 Å². The van der Waals surface area contributed by atoms with E-state index in [2.05, 4.69) is 11.4 Å². The van der Waals surface area contributed by atoms with E-state index >= 15 is 0 Å². The van der Waals surface area contributed by atoms with Crippen molar-refractivity contribution >= 4 is 17.3 Å². The fourth-order valence-corrected chi connectivity index (χ4v) is 2.48. The highest BCUT2D eigenvalue weighted by molar-refractivity contribution is 7.80. The van der Waals surface area contributed by atoms with Crippen molar-refractivity contribution in [2.45, 2.75) is 12.1 Å². The van der Waals surface area contributed by atoms with Crippen LogP contribution in [0.3, 0.4) is 0 Å². The van der Waals surface area contributed by atoms with E-state index in [1.165, 1.54) is 0 Å². The van der Waals surface area contributed by atoms with Crippen molar-refractivity contribution < 1.29 is 4.74 Å². The van der Waals surface area contributed by atoms with Gasteiger partial charge >= 0.3 is 0 Å². The maximum atomic E-state index is 9.57. The molecule has 0 amide bonds. The number of methoxy groups -OCH3 is 1. The number of benzene rings is 1. The predicted octanol–water partition coefficient (Wildman–Crippen LogP) is 1.68. The first-order valence-electron chi connectivity index (χ1n) is 6.84. The number of thiocarbonyl (C=S) groups is 1. The second kappa shape index (κ2) is 6.96. The summed E-state index contributed by atoms with van der Waals surface area (Å²) in [6, 6.07) is 10.1. The Labute approximate surface area is 135 Å². The Bertz CT molecular complexity index is 650. The Kier molecular flexibility index (Phi) is 5.02. The number of nitriles is 1. The molecule has 5 nitrogen and oxygen atoms in total. The van der Waals surface area contributed by atoms with Gasteiger partial charge in [-0.05, 0) is 48.5 Å². The van der Waals surface area contributed by atoms with Crippen LogP contribution in [-0.4, -0.2) is 29.3 Å². The zero-order chi connectivity index (χ0) is 16.0. The molecule has 0 bridgehead atoms. The van der Waals surface area contributed by atoms with Crippen LogP contribution in [0.2, 0.25) is 0 Å². The van der Waals surface area contributed by atoms with Crippen LogP contribution in [0.15, 0.2) is 48.7 Å². The fraction of sp³-hybridized carbons (Fsp3) is 0.250. The lowest BCUT2D eigenvalue weighted by Crippen LogP contribution is -2.59. The minimum atomic E-state index is -1.04. The predicted molar refractivity (Wildman–Crippen MR) is 89.9 cm³/mol. The molecule has 22 heavy (non-hydrogen) atoms. The second-order valence-electron chi connectivity index (χ2n) is 4.86. The molecule has 6 heteroatoms. The molecule has 114 valence electrons. The lowest BCUT2D eigenvalue weighted by molar-refractivity contribution is 0.236. The SMILES string of the molecule is COc1cccc(CCN2C=CC=CC2(C#N)NC(N)=S)c1. The molecule has 0 saturated carbocycles. The fourth-order valence-electron chi connectivity index (χ4n) is 2.32. The van der Waals surface area contributed by atoms with Crippen LogP contribution in [0.1, 0.15) is 5.56 Å². The highest BCUT2D eigenvalue weighted by Gasteiger charge is 2.34. The van der Waals surface area contributed by atoms with Crippen LogP contribution in [-0.2, 0) is 6.42 Å². The third-order valence-corrected chi connectivity index (χ3v) is 3.53. The normalized spacial score (nSPS) is 19.5. The van der Waals surface area contributed by atoms with E-state index in [9.17, 15) is 5.26 Å². The summed E-state index contributed by atoms with van der Waals surface area (Å²) in [5.41, 5.74) is 5.65. The summed E-state index contributed by atoms with van der Waals surface area (Å²) in [5.74, 6) is 0.819. The van der Waals surface area contributed by atoms with E-state index < -0.39 is 5.66 Å². The Balaban J connectivity index is 2.12. The van der Waals surface area contributed by atoms with Crippen molar-refractivity contribution in [1.82, 2.24) is 10.2 Å². The van der Waals surface area contributed by atoms with Crippen LogP contribution < -0.4 is 15.8 Å². The number of hydrogen-bond donors (Lipinski definition) is 2. The molecule has 0 aliphatic carbocycles. The van der Waals surface area contributed by atoms with Crippen molar-refractivity contribution in [2.75, 3.05) is 13.7 Å². The van der Waals surface area contributed by atoms with E-state index in [1.54, 1.807) is 19.3 Å². The molecule has 1 atom stereocenters. The van der Waals surface area contributed by atoms with Gasteiger partial charge in [-0.15, -0.1) is 0 Å². The van der Waals surface area contributed by atoms with Crippen molar-refractivity contribution in [3.05, 3.63) is 54.3 Å². The molecule has 1 aromatic carbocycles. The van der Waals surface area contributed by atoms with Gasteiger partial charge in [-0.25, -0.2) is 0 Å². The summed E-state index contributed by atoms with van der Waals surface area (Å²) in [6.45, 7) is 0.636. The molecule has 0 radical (unpaired) electrons. The number of rotatable bonds is 5. The van der Waals surface area contributed by atoms with Crippen molar-refractivity contribution in [3.8, 4) is 11.8 Å². The molecule has 0 saturated heterocycles. The van der Waals surface area contributed by atoms with Gasteiger partial charge < -0.3 is 20.7 Å². The number of nitrogens with one attached hydrogen (secondary N) is 1. The Morgan fingerprint density at radius 2 is 2.32 bits per heavy atom. The summed E-state index contributed by atoms with van der Waals surface area (Å²) < 4.78 is 5.22. The second-order valence-corrected chi connectivity index (χ2v) is 5.30. The van der Waals surface area contributed by atoms with E-state index in [1.807, 2.05) is 41.4 Å². The maximum absolute atomic E-state index is 9.57. The van der Waals surface area contributed by atoms with Gasteiger partial charge in [-0.2, -0.15) is 5.26 Å². The van der Waals surface area contributed by atoms with Gasteiger partial charge in [0.05, 0.1) is 7.11 Å². The van der Waals surface area contributed by atoms with Crippen molar-refractivity contribution in [3.63, 3.8) is 0 Å². The van der Waals surface area contributed by atoms with E-state index in [0.29, 0.717) is 6.54 Å². The minimum Gasteiger partial charge on any atom is -0.497 e. The number of hydrogen-bond acceptors (Lipinski definition) is 4. The van der Waals surface area contributed by atoms with Gasteiger partial charge in [-0.3, -0.25) is 0 Å². The minimum absolute atomic E-state index is 0.0906. The number of ether oxygens (including phenoxy) is 1. The Morgan fingerprint density at radius 3 is 3.00 bits per heavy atom. The number of nitrogens with zero attached hydrogens (tertiary/aromatic N) is 2. The summed E-state index contributed by atoms with van der Waals surface area (Å²) in [7, 11) is 1.64. The highest BCUT2D eigenvalue weighted by Crippen LogP contribution is 2.20. The van der Waals surface area contributed by atoms with Crippen molar-refractivity contribution in [2.24, 2.45) is 5.73 Å². The summed E-state index contributed by atoms with van der Waals surface area (Å²) in [5, 5.41) is 12.5. The van der Waals surface area contributed by atoms with Gasteiger partial charge in [0.25, 0.3) is 0 Å². The van der Waals surface area contributed by atoms with Crippen LogP contribution in [0, 0.1) is 11.3 Å². The first-order chi connectivity index (χ1) is 10.6. The first-order valence-corrected chi connectivity index (χ1v) is 7.25. The lowest BCUT2D eigenvalue weighted by atomic mass is 10.1. The first kappa shape index (κ1) is 15.9. The molecule has 1 heterocycles.